The maximum Gasteiger partial charge on any atom is -0.00165 e. The summed E-state index contributed by atoms with van der Waals surface area (Å²) in [6.07, 6.45) is 5.63. The van der Waals surface area contributed by atoms with E-state index in [0.29, 0.717) is 5.41 Å². The fraction of sp³-hybridized carbons (Fsp3) is 1.00. The van der Waals surface area contributed by atoms with Crippen LogP contribution in [0.15, 0.2) is 0 Å². The van der Waals surface area contributed by atoms with E-state index in [4.69, 9.17) is 0 Å². The molecule has 0 spiro atoms. The van der Waals surface area contributed by atoms with Crippen LogP contribution in [-0.4, -0.2) is 25.0 Å². The molecular weight excluding hydrogens is 206 g/mol. The van der Waals surface area contributed by atoms with E-state index in [-0.39, 0.29) is 0 Å². The maximum atomic E-state index is 2.47. The molecule has 0 atom stereocenters. The van der Waals surface area contributed by atoms with Crippen molar-refractivity contribution in [2.45, 2.75) is 74.1 Å². The molecule has 0 aromatic heterocycles. The number of piperidine rings is 1. The van der Waals surface area contributed by atoms with Crippen molar-refractivity contribution < 1.29 is 0 Å². The van der Waals surface area contributed by atoms with Crippen molar-refractivity contribution >= 4 is 0 Å². The monoisotopic (exact) mass is 243 g/mol. The number of hydrogen-bond acceptors (Lipinski definition) is 1. The molecule has 0 unspecified atom stereocenters. The molecule has 0 aromatic rings. The Morgan fingerprint density at radius 1 is 1.00 bits per heavy atom. The molecule has 0 saturated carbocycles. The van der Waals surface area contributed by atoms with E-state index in [1.807, 2.05) is 27.7 Å². The van der Waals surface area contributed by atoms with Gasteiger partial charge in [0, 0.05) is 0 Å². The van der Waals surface area contributed by atoms with Gasteiger partial charge in [-0.2, -0.15) is 0 Å². The van der Waals surface area contributed by atoms with Crippen molar-refractivity contribution in [3.8, 4) is 0 Å². The van der Waals surface area contributed by atoms with Gasteiger partial charge in [-0.3, -0.25) is 0 Å². The fourth-order valence-corrected chi connectivity index (χ4v) is 2.66. The molecule has 0 amide bonds. The second-order valence-electron chi connectivity index (χ2n) is 5.25. The van der Waals surface area contributed by atoms with Crippen molar-refractivity contribution in [3.05, 3.63) is 0 Å². The average molecular weight is 243 g/mol. The lowest BCUT2D eigenvalue weighted by molar-refractivity contribution is 0.0939. The Morgan fingerprint density at radius 3 is 1.71 bits per heavy atom. The smallest absolute Gasteiger partial charge is 0.00165 e. The van der Waals surface area contributed by atoms with E-state index in [1.54, 1.807) is 0 Å². The zero-order chi connectivity index (χ0) is 13.9. The second-order valence-corrected chi connectivity index (χ2v) is 5.25. The summed E-state index contributed by atoms with van der Waals surface area (Å²) in [6, 6.07) is 0. The van der Waals surface area contributed by atoms with Crippen molar-refractivity contribution in [1.82, 2.24) is 4.90 Å². The summed E-state index contributed by atoms with van der Waals surface area (Å²) >= 11 is 0. The standard InChI is InChI=1S/C12H25N.2C2H6/c1-5-12(10-11(2)3)6-8-13(4)9-7-12;2*1-2/h11H,5-10H2,1-4H3;2*1-2H3. The highest BCUT2D eigenvalue weighted by atomic mass is 15.1. The third kappa shape index (κ3) is 7.81. The van der Waals surface area contributed by atoms with Crippen LogP contribution in [-0.2, 0) is 0 Å². The molecule has 106 valence electrons. The van der Waals surface area contributed by atoms with Gasteiger partial charge in [0.2, 0.25) is 0 Å². The van der Waals surface area contributed by atoms with Crippen LogP contribution in [0.4, 0.5) is 0 Å². The Morgan fingerprint density at radius 2 is 1.41 bits per heavy atom. The highest BCUT2D eigenvalue weighted by molar-refractivity contribution is 4.84. The van der Waals surface area contributed by atoms with E-state index in [2.05, 4.69) is 32.7 Å². The molecule has 0 aliphatic carbocycles. The summed E-state index contributed by atoms with van der Waals surface area (Å²) in [7, 11) is 2.24. The van der Waals surface area contributed by atoms with E-state index in [1.165, 1.54) is 38.8 Å². The van der Waals surface area contributed by atoms with Gasteiger partial charge in [-0.15, -0.1) is 0 Å². The molecule has 1 fully saturated rings. The third-order valence-electron chi connectivity index (χ3n) is 3.64. The van der Waals surface area contributed by atoms with Gasteiger partial charge in [0.15, 0.2) is 0 Å². The van der Waals surface area contributed by atoms with Gasteiger partial charge in [-0.1, -0.05) is 54.9 Å². The number of hydrogen-bond donors (Lipinski definition) is 0. The number of nitrogens with zero attached hydrogens (tertiary/aromatic N) is 1. The highest BCUT2D eigenvalue weighted by Crippen LogP contribution is 2.40. The molecule has 0 bridgehead atoms. The van der Waals surface area contributed by atoms with Crippen LogP contribution in [0.5, 0.6) is 0 Å². The van der Waals surface area contributed by atoms with Crippen molar-refractivity contribution in [1.29, 1.82) is 0 Å². The Balaban J connectivity index is 0. The molecule has 1 rings (SSSR count). The first-order valence-electron chi connectivity index (χ1n) is 7.76. The Hall–Kier alpha value is -0.0400. The predicted octanol–water partition coefficient (Wildman–Crippen LogP) is 5.21. The number of rotatable bonds is 3. The van der Waals surface area contributed by atoms with Crippen molar-refractivity contribution in [3.63, 3.8) is 0 Å². The fourth-order valence-electron chi connectivity index (χ4n) is 2.66. The van der Waals surface area contributed by atoms with Crippen LogP contribution in [0, 0.1) is 11.3 Å². The van der Waals surface area contributed by atoms with Gasteiger partial charge in [0.25, 0.3) is 0 Å². The molecule has 1 heterocycles. The van der Waals surface area contributed by atoms with Crippen LogP contribution >= 0.6 is 0 Å². The minimum atomic E-state index is 0.681. The van der Waals surface area contributed by atoms with Crippen LogP contribution in [0.2, 0.25) is 0 Å². The molecular formula is C16H37N. The first-order chi connectivity index (χ1) is 8.08. The van der Waals surface area contributed by atoms with Gasteiger partial charge in [-0.25, -0.2) is 0 Å². The van der Waals surface area contributed by atoms with Gasteiger partial charge in [-0.05, 0) is 50.7 Å². The summed E-state index contributed by atoms with van der Waals surface area (Å²) in [5, 5.41) is 0. The SMILES string of the molecule is CC.CC.CCC1(CC(C)C)CCN(C)CC1. The molecule has 0 N–H and O–H groups in total. The Kier molecular flexibility index (Phi) is 12.6. The average Bonchev–Trinajstić information content (AvgIpc) is 2.37. The maximum absolute atomic E-state index is 2.47. The largest absolute Gasteiger partial charge is 0.306 e. The lowest BCUT2D eigenvalue weighted by Gasteiger charge is -2.41. The molecule has 0 radical (unpaired) electrons. The summed E-state index contributed by atoms with van der Waals surface area (Å²) in [4.78, 5) is 2.47. The molecule has 1 nitrogen and oxygen atoms in total. The van der Waals surface area contributed by atoms with E-state index in [9.17, 15) is 0 Å². The normalized spacial score (nSPS) is 18.9. The summed E-state index contributed by atoms with van der Waals surface area (Å²) in [5.41, 5.74) is 0.681. The molecule has 1 aliphatic heterocycles. The first-order valence-corrected chi connectivity index (χ1v) is 7.76. The van der Waals surface area contributed by atoms with Gasteiger partial charge >= 0.3 is 0 Å². The van der Waals surface area contributed by atoms with Crippen LogP contribution in [0.3, 0.4) is 0 Å². The third-order valence-corrected chi connectivity index (χ3v) is 3.64. The lowest BCUT2D eigenvalue weighted by Crippen LogP contribution is -2.38. The summed E-state index contributed by atoms with van der Waals surface area (Å²) in [6.45, 7) is 17.7. The molecule has 0 aromatic carbocycles. The van der Waals surface area contributed by atoms with Gasteiger partial charge < -0.3 is 4.90 Å². The molecule has 1 aliphatic rings. The van der Waals surface area contributed by atoms with Gasteiger partial charge in [0.1, 0.15) is 0 Å². The van der Waals surface area contributed by atoms with Crippen molar-refractivity contribution in [2.75, 3.05) is 20.1 Å². The number of likely N-dealkylation sites (tertiary alicyclic amines) is 1. The highest BCUT2D eigenvalue weighted by Gasteiger charge is 2.32. The minimum absolute atomic E-state index is 0.681. The summed E-state index contributed by atoms with van der Waals surface area (Å²) < 4.78 is 0. The Bertz CT molecular complexity index is 144. The zero-order valence-electron chi connectivity index (χ0n) is 13.8. The Labute approximate surface area is 111 Å². The second kappa shape index (κ2) is 11.1. The minimum Gasteiger partial charge on any atom is -0.306 e. The van der Waals surface area contributed by atoms with E-state index < -0.39 is 0 Å². The lowest BCUT2D eigenvalue weighted by atomic mass is 9.71. The topological polar surface area (TPSA) is 3.24 Å². The van der Waals surface area contributed by atoms with Crippen LogP contribution in [0.1, 0.15) is 74.1 Å². The zero-order valence-corrected chi connectivity index (χ0v) is 13.8. The van der Waals surface area contributed by atoms with E-state index >= 15 is 0 Å². The van der Waals surface area contributed by atoms with Crippen molar-refractivity contribution in [2.24, 2.45) is 11.3 Å². The molecule has 17 heavy (non-hydrogen) atoms. The quantitative estimate of drug-likeness (QED) is 0.658. The summed E-state index contributed by atoms with van der Waals surface area (Å²) in [5.74, 6) is 0.864. The molecule has 1 saturated heterocycles. The van der Waals surface area contributed by atoms with Gasteiger partial charge in [0.05, 0.1) is 0 Å². The molecule has 1 heteroatoms. The first kappa shape index (κ1) is 19.3. The van der Waals surface area contributed by atoms with E-state index in [0.717, 1.165) is 5.92 Å². The van der Waals surface area contributed by atoms with Crippen LogP contribution in [0.25, 0.3) is 0 Å². The van der Waals surface area contributed by atoms with Crippen LogP contribution < -0.4 is 0 Å². The predicted molar refractivity (Wildman–Crippen MR) is 81.6 cm³/mol.